The Morgan fingerprint density at radius 3 is 2.90 bits per heavy atom. The van der Waals surface area contributed by atoms with E-state index in [0.717, 1.165) is 0 Å². The Morgan fingerprint density at radius 2 is 2.40 bits per heavy atom. The van der Waals surface area contributed by atoms with Crippen molar-refractivity contribution in [2.45, 2.75) is 6.61 Å². The van der Waals surface area contributed by atoms with Crippen LogP contribution in [0.5, 0.6) is 0 Å². The van der Waals surface area contributed by atoms with Crippen molar-refractivity contribution in [1.29, 1.82) is 0 Å². The van der Waals surface area contributed by atoms with Gasteiger partial charge in [-0.2, -0.15) is 0 Å². The fourth-order valence-corrected chi connectivity index (χ4v) is 0.764. The van der Waals surface area contributed by atoms with Gasteiger partial charge in [0.05, 0.1) is 6.61 Å². The van der Waals surface area contributed by atoms with E-state index in [1.54, 1.807) is 24.0 Å². The Kier molecular flexibility index (Phi) is 1.87. The third-order valence-corrected chi connectivity index (χ3v) is 1.31. The highest BCUT2D eigenvalue weighted by Gasteiger charge is 1.94. The summed E-state index contributed by atoms with van der Waals surface area (Å²) in [6, 6.07) is 1.44. The summed E-state index contributed by atoms with van der Waals surface area (Å²) in [5, 5.41) is 8.63. The van der Waals surface area contributed by atoms with Crippen molar-refractivity contribution in [2.75, 3.05) is 0 Å². The molecule has 0 amide bonds. The van der Waals surface area contributed by atoms with Crippen LogP contribution < -0.4 is 5.43 Å². The summed E-state index contributed by atoms with van der Waals surface area (Å²) in [4.78, 5) is 10.8. The Bertz CT molecular complexity index is 277. The van der Waals surface area contributed by atoms with Crippen LogP contribution in [0.4, 0.5) is 0 Å². The number of pyridine rings is 1. The Hall–Kier alpha value is -1.09. The van der Waals surface area contributed by atoms with Crippen molar-refractivity contribution in [3.8, 4) is 0 Å². The molecule has 0 aromatic carbocycles. The summed E-state index contributed by atoms with van der Waals surface area (Å²) >= 11 is 0. The highest BCUT2D eigenvalue weighted by atomic mass is 16.3. The van der Waals surface area contributed by atoms with Gasteiger partial charge in [-0.1, -0.05) is 0 Å². The van der Waals surface area contributed by atoms with Crippen molar-refractivity contribution in [2.24, 2.45) is 7.05 Å². The molecule has 3 nitrogen and oxygen atoms in total. The summed E-state index contributed by atoms with van der Waals surface area (Å²) in [6.07, 6.45) is 3.27. The number of rotatable bonds is 1. The molecule has 0 aliphatic heterocycles. The fourth-order valence-electron chi connectivity index (χ4n) is 0.764. The molecule has 0 saturated heterocycles. The third-order valence-electron chi connectivity index (χ3n) is 1.31. The quantitative estimate of drug-likeness (QED) is 0.589. The smallest absolute Gasteiger partial charge is 0.187 e. The first-order valence-electron chi connectivity index (χ1n) is 3.00. The van der Waals surface area contributed by atoms with Gasteiger partial charge in [0.15, 0.2) is 5.43 Å². The lowest BCUT2D eigenvalue weighted by atomic mass is 10.3. The molecule has 0 aliphatic rings. The zero-order valence-electron chi connectivity index (χ0n) is 5.74. The first kappa shape index (κ1) is 7.02. The van der Waals surface area contributed by atoms with Crippen molar-refractivity contribution < 1.29 is 5.11 Å². The summed E-state index contributed by atoms with van der Waals surface area (Å²) in [6.45, 7) is -0.187. The molecule has 0 radical (unpaired) electrons. The van der Waals surface area contributed by atoms with Gasteiger partial charge < -0.3 is 9.67 Å². The summed E-state index contributed by atoms with van der Waals surface area (Å²) in [5.74, 6) is 0. The van der Waals surface area contributed by atoms with Crippen LogP contribution in [0.15, 0.2) is 23.3 Å². The molecule has 0 spiro atoms. The fraction of sp³-hybridized carbons (Fsp3) is 0.286. The van der Waals surface area contributed by atoms with Gasteiger partial charge in [-0.15, -0.1) is 0 Å². The molecule has 1 aromatic rings. The Balaban J connectivity index is 3.22. The monoisotopic (exact) mass is 139 g/mol. The third kappa shape index (κ3) is 1.25. The predicted molar refractivity (Wildman–Crippen MR) is 37.6 cm³/mol. The lowest BCUT2D eigenvalue weighted by molar-refractivity contribution is 0.279. The van der Waals surface area contributed by atoms with Gasteiger partial charge in [-0.25, -0.2) is 0 Å². The average molecular weight is 139 g/mol. The summed E-state index contributed by atoms with van der Waals surface area (Å²) in [5.41, 5.74) is 0.325. The lowest BCUT2D eigenvalue weighted by Crippen LogP contribution is -2.09. The molecular formula is C7H9NO2. The normalized spacial score (nSPS) is 9.80. The van der Waals surface area contributed by atoms with Crippen LogP contribution in [0.1, 0.15) is 5.56 Å². The Morgan fingerprint density at radius 1 is 1.70 bits per heavy atom. The van der Waals surface area contributed by atoms with E-state index in [0.29, 0.717) is 5.56 Å². The highest BCUT2D eigenvalue weighted by molar-refractivity contribution is 5.08. The van der Waals surface area contributed by atoms with Crippen molar-refractivity contribution in [1.82, 2.24) is 4.57 Å². The lowest BCUT2D eigenvalue weighted by Gasteiger charge is -1.97. The molecule has 1 heterocycles. The molecular weight excluding hydrogens is 130 g/mol. The molecule has 0 fully saturated rings. The van der Waals surface area contributed by atoms with Crippen LogP contribution in [0.3, 0.4) is 0 Å². The SMILES string of the molecule is Cn1ccc(=O)c(CO)c1. The van der Waals surface area contributed by atoms with Crippen LogP contribution in [-0.2, 0) is 13.7 Å². The van der Waals surface area contributed by atoms with E-state index in [2.05, 4.69) is 0 Å². The molecule has 0 atom stereocenters. The van der Waals surface area contributed by atoms with Crippen molar-refractivity contribution in [3.05, 3.63) is 34.2 Å². The predicted octanol–water partition coefficient (Wildman–Crippen LogP) is -0.122. The number of hydrogen-bond acceptors (Lipinski definition) is 2. The second-order valence-electron chi connectivity index (χ2n) is 2.16. The molecule has 0 bridgehead atoms. The number of hydrogen-bond donors (Lipinski definition) is 1. The maximum atomic E-state index is 10.8. The summed E-state index contributed by atoms with van der Waals surface area (Å²) < 4.78 is 1.73. The van der Waals surface area contributed by atoms with E-state index in [4.69, 9.17) is 5.11 Å². The maximum absolute atomic E-state index is 10.8. The van der Waals surface area contributed by atoms with Gasteiger partial charge in [-0.3, -0.25) is 4.79 Å². The summed E-state index contributed by atoms with van der Waals surface area (Å²) in [7, 11) is 1.80. The molecule has 1 aromatic heterocycles. The van der Waals surface area contributed by atoms with E-state index >= 15 is 0 Å². The average Bonchev–Trinajstić information content (AvgIpc) is 1.94. The van der Waals surface area contributed by atoms with Gasteiger partial charge in [0.2, 0.25) is 0 Å². The second-order valence-corrected chi connectivity index (χ2v) is 2.16. The minimum absolute atomic E-state index is 0.111. The second kappa shape index (κ2) is 2.66. The number of aliphatic hydroxyl groups is 1. The standard InChI is InChI=1S/C7H9NO2/c1-8-3-2-7(10)6(4-8)5-9/h2-4,9H,5H2,1H3. The van der Waals surface area contributed by atoms with E-state index in [9.17, 15) is 4.79 Å². The van der Waals surface area contributed by atoms with Crippen LogP contribution in [0, 0.1) is 0 Å². The van der Waals surface area contributed by atoms with E-state index < -0.39 is 0 Å². The van der Waals surface area contributed by atoms with Crippen LogP contribution in [0.2, 0.25) is 0 Å². The molecule has 0 aliphatic carbocycles. The van der Waals surface area contributed by atoms with Crippen LogP contribution >= 0.6 is 0 Å². The first-order valence-corrected chi connectivity index (χ1v) is 3.00. The number of aryl methyl sites for hydroxylation is 1. The van der Waals surface area contributed by atoms with Gasteiger partial charge in [-0.05, 0) is 0 Å². The van der Waals surface area contributed by atoms with Crippen molar-refractivity contribution >= 4 is 0 Å². The van der Waals surface area contributed by atoms with Gasteiger partial charge in [0.25, 0.3) is 0 Å². The highest BCUT2D eigenvalue weighted by Crippen LogP contribution is 1.88. The molecule has 0 saturated carbocycles. The largest absolute Gasteiger partial charge is 0.391 e. The van der Waals surface area contributed by atoms with Gasteiger partial charge in [0, 0.05) is 31.1 Å². The number of nitrogens with zero attached hydrogens (tertiary/aromatic N) is 1. The molecule has 10 heavy (non-hydrogen) atoms. The van der Waals surface area contributed by atoms with Gasteiger partial charge >= 0.3 is 0 Å². The molecule has 1 rings (SSSR count). The first-order chi connectivity index (χ1) is 4.74. The number of aliphatic hydroxyl groups excluding tert-OH is 1. The minimum atomic E-state index is -0.187. The van der Waals surface area contributed by atoms with Crippen LogP contribution in [-0.4, -0.2) is 9.67 Å². The van der Waals surface area contributed by atoms with Crippen LogP contribution in [0.25, 0.3) is 0 Å². The molecule has 1 N–H and O–H groups in total. The minimum Gasteiger partial charge on any atom is -0.391 e. The van der Waals surface area contributed by atoms with Crippen molar-refractivity contribution in [3.63, 3.8) is 0 Å². The topological polar surface area (TPSA) is 42.2 Å². The van der Waals surface area contributed by atoms with E-state index in [1.165, 1.54) is 6.07 Å². The van der Waals surface area contributed by atoms with E-state index in [1.807, 2.05) is 0 Å². The maximum Gasteiger partial charge on any atom is 0.187 e. The molecule has 3 heteroatoms. The molecule has 0 unspecified atom stereocenters. The van der Waals surface area contributed by atoms with E-state index in [-0.39, 0.29) is 12.0 Å². The Labute approximate surface area is 58.5 Å². The zero-order valence-corrected chi connectivity index (χ0v) is 5.74. The van der Waals surface area contributed by atoms with Gasteiger partial charge in [0.1, 0.15) is 0 Å². The zero-order chi connectivity index (χ0) is 7.56. The molecule has 54 valence electrons. The number of aromatic nitrogens is 1.